The topological polar surface area (TPSA) is 65.1 Å². The highest BCUT2D eigenvalue weighted by Crippen LogP contribution is 2.32. The molecule has 3 rings (SSSR count). The zero-order valence-corrected chi connectivity index (χ0v) is 14.8. The van der Waals surface area contributed by atoms with Crippen LogP contribution in [0.4, 0.5) is 4.79 Å². The first kappa shape index (κ1) is 17.9. The van der Waals surface area contributed by atoms with Crippen molar-refractivity contribution in [2.45, 2.75) is 25.7 Å². The predicted molar refractivity (Wildman–Crippen MR) is 94.6 cm³/mol. The molecule has 2 aromatic rings. The Morgan fingerprint density at radius 3 is 2.46 bits per heavy atom. The lowest BCUT2D eigenvalue weighted by Crippen LogP contribution is -2.40. The van der Waals surface area contributed by atoms with Gasteiger partial charge in [0.2, 0.25) is 0 Å². The summed E-state index contributed by atoms with van der Waals surface area (Å²) in [5, 5.41) is 0. The Bertz CT molecular complexity index is 760. The molecule has 0 spiro atoms. The van der Waals surface area contributed by atoms with Gasteiger partial charge >= 0.3 is 6.09 Å². The van der Waals surface area contributed by atoms with Crippen molar-refractivity contribution in [1.82, 2.24) is 4.90 Å². The van der Waals surface area contributed by atoms with Crippen molar-refractivity contribution in [2.24, 2.45) is 0 Å². The molecule has 1 saturated heterocycles. The second-order valence-electron chi connectivity index (χ2n) is 6.06. The van der Waals surface area contributed by atoms with Gasteiger partial charge in [-0.3, -0.25) is 4.79 Å². The lowest BCUT2D eigenvalue weighted by molar-refractivity contribution is -0.134. The molecule has 0 aliphatic carbocycles. The molecular weight excluding hydrogens is 334 g/mol. The van der Waals surface area contributed by atoms with E-state index in [1.807, 2.05) is 54.6 Å². The maximum atomic E-state index is 12.4. The highest BCUT2D eigenvalue weighted by Gasteiger charge is 2.43. The molecule has 0 aromatic heterocycles. The number of hydrogen-bond acceptors (Lipinski definition) is 5. The summed E-state index contributed by atoms with van der Waals surface area (Å²) < 4.78 is 15.9. The van der Waals surface area contributed by atoms with E-state index in [4.69, 9.17) is 14.2 Å². The number of carbonyl (C=O) groups excluding carboxylic acids is 2. The number of cyclic esters (lactones) is 1. The molecule has 0 radical (unpaired) electrons. The van der Waals surface area contributed by atoms with Crippen LogP contribution < -0.4 is 4.74 Å². The molecule has 1 fully saturated rings. The monoisotopic (exact) mass is 355 g/mol. The minimum atomic E-state index is -0.635. The number of benzene rings is 2. The van der Waals surface area contributed by atoms with Crippen molar-refractivity contribution in [1.29, 1.82) is 0 Å². The molecule has 2 atom stereocenters. The fourth-order valence-corrected chi connectivity index (χ4v) is 2.93. The van der Waals surface area contributed by atoms with E-state index in [1.54, 1.807) is 14.0 Å². The molecule has 136 valence electrons. The van der Waals surface area contributed by atoms with Crippen molar-refractivity contribution in [3.8, 4) is 5.75 Å². The van der Waals surface area contributed by atoms with Crippen LogP contribution in [-0.2, 0) is 20.9 Å². The number of carbonyl (C=O) groups is 2. The molecular formula is C20H21NO5. The van der Waals surface area contributed by atoms with Gasteiger partial charge in [0.05, 0.1) is 19.8 Å². The summed E-state index contributed by atoms with van der Waals surface area (Å²) in [5.74, 6) is 0.347. The maximum Gasteiger partial charge on any atom is 0.417 e. The van der Waals surface area contributed by atoms with Gasteiger partial charge in [-0.05, 0) is 30.2 Å². The van der Waals surface area contributed by atoms with Gasteiger partial charge in [-0.1, -0.05) is 42.5 Å². The van der Waals surface area contributed by atoms with Crippen LogP contribution in [0.1, 0.15) is 24.2 Å². The largest absolute Gasteiger partial charge is 0.497 e. The van der Waals surface area contributed by atoms with E-state index in [2.05, 4.69) is 0 Å². The average molecular weight is 355 g/mol. The number of nitrogens with zero attached hydrogens (tertiary/aromatic N) is 1. The Morgan fingerprint density at radius 1 is 1.12 bits per heavy atom. The van der Waals surface area contributed by atoms with Crippen LogP contribution >= 0.6 is 0 Å². The fraction of sp³-hybridized carbons (Fsp3) is 0.300. The third-order valence-electron chi connectivity index (χ3n) is 4.32. The number of hydrogen-bond donors (Lipinski definition) is 0. The summed E-state index contributed by atoms with van der Waals surface area (Å²) in [6.07, 6.45) is -1.10. The van der Waals surface area contributed by atoms with E-state index in [-0.39, 0.29) is 19.3 Å². The Balaban J connectivity index is 1.56. The van der Waals surface area contributed by atoms with Gasteiger partial charge in [0.15, 0.2) is 0 Å². The van der Waals surface area contributed by atoms with Crippen LogP contribution in [0, 0.1) is 0 Å². The summed E-state index contributed by atoms with van der Waals surface area (Å²) in [7, 11) is 1.60. The van der Waals surface area contributed by atoms with Gasteiger partial charge < -0.3 is 14.2 Å². The number of rotatable bonds is 6. The van der Waals surface area contributed by atoms with Gasteiger partial charge in [-0.25, -0.2) is 9.69 Å². The van der Waals surface area contributed by atoms with E-state index in [9.17, 15) is 9.59 Å². The summed E-state index contributed by atoms with van der Waals surface area (Å²) in [6.45, 7) is 1.88. The van der Waals surface area contributed by atoms with Crippen molar-refractivity contribution >= 4 is 12.0 Å². The van der Waals surface area contributed by atoms with Gasteiger partial charge in [-0.2, -0.15) is 0 Å². The summed E-state index contributed by atoms with van der Waals surface area (Å²) in [4.78, 5) is 25.7. The molecule has 26 heavy (non-hydrogen) atoms. The highest BCUT2D eigenvalue weighted by molar-refractivity contribution is 5.94. The molecule has 0 bridgehead atoms. The first-order chi connectivity index (χ1) is 12.6. The van der Waals surface area contributed by atoms with Crippen molar-refractivity contribution in [3.05, 3.63) is 65.7 Å². The molecule has 0 saturated carbocycles. The van der Waals surface area contributed by atoms with Crippen LogP contribution in [0.15, 0.2) is 54.6 Å². The first-order valence-electron chi connectivity index (χ1n) is 8.38. The molecule has 6 heteroatoms. The molecule has 0 unspecified atom stereocenters. The molecule has 2 amide bonds. The number of ether oxygens (including phenoxy) is 3. The van der Waals surface area contributed by atoms with E-state index >= 15 is 0 Å². The standard InChI is InChI=1S/C20H21NO5/c1-14-19(16-6-4-3-5-7-16)26-20(23)21(14)18(22)13-25-12-15-8-10-17(24-2)11-9-15/h3-11,14,19H,12-13H2,1-2H3/t14-,19-/m1/s1. The number of amides is 2. The molecule has 1 heterocycles. The smallest absolute Gasteiger partial charge is 0.417 e. The molecule has 1 aliphatic rings. The van der Waals surface area contributed by atoms with Crippen molar-refractivity contribution < 1.29 is 23.8 Å². The van der Waals surface area contributed by atoms with Gasteiger partial charge in [0.25, 0.3) is 5.91 Å². The van der Waals surface area contributed by atoms with Crippen LogP contribution in [0.3, 0.4) is 0 Å². The summed E-state index contributed by atoms with van der Waals surface area (Å²) in [5.41, 5.74) is 1.78. The maximum absolute atomic E-state index is 12.4. The quantitative estimate of drug-likeness (QED) is 0.795. The van der Waals surface area contributed by atoms with Gasteiger partial charge in [0, 0.05) is 0 Å². The van der Waals surface area contributed by atoms with E-state index in [0.717, 1.165) is 21.8 Å². The lowest BCUT2D eigenvalue weighted by Gasteiger charge is -2.19. The van der Waals surface area contributed by atoms with Crippen LogP contribution in [0.2, 0.25) is 0 Å². The third kappa shape index (κ3) is 3.86. The van der Waals surface area contributed by atoms with Gasteiger partial charge in [0.1, 0.15) is 18.5 Å². The lowest BCUT2D eigenvalue weighted by atomic mass is 10.0. The molecule has 1 aliphatic heterocycles. The zero-order chi connectivity index (χ0) is 18.5. The van der Waals surface area contributed by atoms with Crippen molar-refractivity contribution in [2.75, 3.05) is 13.7 Å². The minimum absolute atomic E-state index is 0.188. The summed E-state index contributed by atoms with van der Waals surface area (Å²) in [6, 6.07) is 16.4. The number of methoxy groups -OCH3 is 1. The molecule has 0 N–H and O–H groups in total. The Kier molecular flexibility index (Phi) is 5.53. The van der Waals surface area contributed by atoms with Crippen LogP contribution in [-0.4, -0.2) is 36.7 Å². The molecule has 2 aromatic carbocycles. The normalized spacial score (nSPS) is 19.3. The Morgan fingerprint density at radius 2 is 1.81 bits per heavy atom. The number of imide groups is 1. The van der Waals surface area contributed by atoms with Crippen molar-refractivity contribution in [3.63, 3.8) is 0 Å². The van der Waals surface area contributed by atoms with E-state index < -0.39 is 18.1 Å². The third-order valence-corrected chi connectivity index (χ3v) is 4.32. The summed E-state index contributed by atoms with van der Waals surface area (Å²) >= 11 is 0. The van der Waals surface area contributed by atoms with Crippen LogP contribution in [0.25, 0.3) is 0 Å². The van der Waals surface area contributed by atoms with E-state index in [1.165, 1.54) is 0 Å². The first-order valence-corrected chi connectivity index (χ1v) is 8.38. The SMILES string of the molecule is COc1ccc(COCC(=O)N2C(=O)O[C@@H](c3ccccc3)[C@H]2C)cc1. The Labute approximate surface area is 152 Å². The van der Waals surface area contributed by atoms with E-state index in [0.29, 0.717) is 0 Å². The fourth-order valence-electron chi connectivity index (χ4n) is 2.93. The molecule has 6 nitrogen and oxygen atoms in total. The second-order valence-corrected chi connectivity index (χ2v) is 6.06. The predicted octanol–water partition coefficient (Wildman–Crippen LogP) is 3.32. The Hall–Kier alpha value is -2.86. The average Bonchev–Trinajstić information content (AvgIpc) is 2.97. The van der Waals surface area contributed by atoms with Gasteiger partial charge in [-0.15, -0.1) is 0 Å². The highest BCUT2D eigenvalue weighted by atomic mass is 16.6. The van der Waals surface area contributed by atoms with Crippen LogP contribution in [0.5, 0.6) is 5.75 Å². The minimum Gasteiger partial charge on any atom is -0.497 e. The second kappa shape index (κ2) is 8.01. The zero-order valence-electron chi connectivity index (χ0n) is 14.8.